The van der Waals surface area contributed by atoms with E-state index in [1.165, 1.54) is 48.2 Å². The van der Waals surface area contributed by atoms with Crippen LogP contribution in [0.5, 0.6) is 5.75 Å². The lowest BCUT2D eigenvalue weighted by Gasteiger charge is -2.16. The summed E-state index contributed by atoms with van der Waals surface area (Å²) in [7, 11) is -1.08. The molecular formula is C25H30N2O4S2. The second-order valence-corrected chi connectivity index (χ2v) is 10.1. The Kier molecular flexibility index (Phi) is 6.27. The Labute approximate surface area is 209 Å². The van der Waals surface area contributed by atoms with Gasteiger partial charge in [-0.05, 0) is 69.0 Å². The number of hydrogen-bond acceptors (Lipinski definition) is 7. The molecule has 3 rings (SSSR count). The van der Waals surface area contributed by atoms with Gasteiger partial charge >= 0.3 is 0 Å². The molecule has 0 saturated carbocycles. The van der Waals surface area contributed by atoms with Gasteiger partial charge in [-0.25, -0.2) is 0 Å². The summed E-state index contributed by atoms with van der Waals surface area (Å²) in [4.78, 5) is 3.11. The molecule has 2 N–H and O–H groups in total. The van der Waals surface area contributed by atoms with Gasteiger partial charge in [0.05, 0.1) is 23.5 Å². The Hall–Kier alpha value is -2.52. The maximum absolute atomic E-state index is 12.6. The summed E-state index contributed by atoms with van der Waals surface area (Å²) in [5.74, 6) is -0.0803. The van der Waals surface area contributed by atoms with Gasteiger partial charge < -0.3 is 15.4 Å². The zero-order valence-corrected chi connectivity index (χ0v) is 20.2. The SMILES string of the molecule is [2H]C([2H])(Oc1ccc(Sc2ccccc2N)c(CN(C)C)c1)C([2H])([2H])C([2H])([2H])OS(=O)(=O)c1ccc(C)cc1. The Bertz CT molecular complexity index is 1420. The smallest absolute Gasteiger partial charge is 0.296 e. The number of para-hydroxylation sites is 1. The molecule has 0 heterocycles. The summed E-state index contributed by atoms with van der Waals surface area (Å²) < 4.78 is 84.3. The van der Waals surface area contributed by atoms with E-state index in [0.717, 1.165) is 20.9 Å². The van der Waals surface area contributed by atoms with Crippen molar-refractivity contribution in [2.75, 3.05) is 32.9 Å². The Balaban J connectivity index is 1.89. The molecule has 0 aromatic heterocycles. The van der Waals surface area contributed by atoms with Crippen LogP contribution in [-0.2, 0) is 20.8 Å². The highest BCUT2D eigenvalue weighted by Crippen LogP contribution is 2.36. The molecule has 0 atom stereocenters. The number of ether oxygens (including phenoxy) is 1. The van der Waals surface area contributed by atoms with Crippen LogP contribution in [0.15, 0.2) is 81.4 Å². The quantitative estimate of drug-likeness (QED) is 0.299. The van der Waals surface area contributed by atoms with Gasteiger partial charge in [0, 0.05) is 31.1 Å². The van der Waals surface area contributed by atoms with E-state index in [-0.39, 0.29) is 5.75 Å². The molecule has 33 heavy (non-hydrogen) atoms. The van der Waals surface area contributed by atoms with E-state index in [4.69, 9.17) is 18.7 Å². The molecular weight excluding hydrogens is 456 g/mol. The summed E-state index contributed by atoms with van der Waals surface area (Å²) in [6.45, 7) is -4.81. The first-order valence-corrected chi connectivity index (χ1v) is 12.2. The summed E-state index contributed by atoms with van der Waals surface area (Å²) in [5, 5.41) is 0. The fourth-order valence-corrected chi connectivity index (χ4v) is 4.49. The molecule has 0 radical (unpaired) electrons. The third kappa shape index (κ3) is 7.50. The summed E-state index contributed by atoms with van der Waals surface area (Å²) in [6.07, 6.45) is -3.56. The predicted molar refractivity (Wildman–Crippen MR) is 133 cm³/mol. The van der Waals surface area contributed by atoms with Crippen LogP contribution in [0, 0.1) is 6.92 Å². The maximum Gasteiger partial charge on any atom is 0.296 e. The minimum Gasteiger partial charge on any atom is -0.493 e. The molecule has 0 bridgehead atoms. The van der Waals surface area contributed by atoms with Crippen LogP contribution in [0.1, 0.15) is 25.7 Å². The zero-order chi connectivity index (χ0) is 29.2. The monoisotopic (exact) mass is 492 g/mol. The second kappa shape index (κ2) is 11.6. The largest absolute Gasteiger partial charge is 0.493 e. The second-order valence-electron chi connectivity index (χ2n) is 7.43. The Morgan fingerprint density at radius 1 is 1.00 bits per heavy atom. The number of nitrogen functional groups attached to an aromatic ring is 1. The molecule has 0 aliphatic heterocycles. The third-order valence-corrected chi connectivity index (χ3v) is 6.75. The standard InChI is InChI=1S/C25H30N2O4S2/c1-19-9-12-22(13-10-19)33(28,29)31-16-6-15-30-21-11-14-24(20(17-21)18-27(2)3)32-25-8-5-4-7-23(25)26/h4-5,7-14,17H,6,15-16,18,26H2,1-3H3/i6D2,15D2,16D2. The third-order valence-electron chi connectivity index (χ3n) is 4.39. The molecule has 0 aliphatic rings. The van der Waals surface area contributed by atoms with Crippen LogP contribution in [-0.4, -0.2) is 40.5 Å². The van der Waals surface area contributed by atoms with Crippen molar-refractivity contribution in [3.63, 3.8) is 0 Å². The number of rotatable bonds is 11. The van der Waals surface area contributed by atoms with Crippen LogP contribution in [0.3, 0.4) is 0 Å². The number of nitrogens with two attached hydrogens (primary N) is 1. The van der Waals surface area contributed by atoms with Gasteiger partial charge in [0.1, 0.15) is 5.75 Å². The van der Waals surface area contributed by atoms with Crippen LogP contribution < -0.4 is 10.5 Å². The van der Waals surface area contributed by atoms with Crippen molar-refractivity contribution in [2.24, 2.45) is 0 Å². The highest BCUT2D eigenvalue weighted by Gasteiger charge is 2.14. The first kappa shape index (κ1) is 17.9. The van der Waals surface area contributed by atoms with E-state index in [1.54, 1.807) is 19.1 Å². The van der Waals surface area contributed by atoms with Gasteiger partial charge in [-0.15, -0.1) is 0 Å². The number of anilines is 1. The van der Waals surface area contributed by atoms with Crippen LogP contribution in [0.25, 0.3) is 0 Å². The molecule has 0 amide bonds. The summed E-state index contributed by atoms with van der Waals surface area (Å²) in [6, 6.07) is 17.3. The molecule has 3 aromatic carbocycles. The van der Waals surface area contributed by atoms with E-state index in [2.05, 4.69) is 4.18 Å². The average molecular weight is 493 g/mol. The lowest BCUT2D eigenvalue weighted by Crippen LogP contribution is -2.12. The topological polar surface area (TPSA) is 81.9 Å². The Morgan fingerprint density at radius 3 is 2.42 bits per heavy atom. The lowest BCUT2D eigenvalue weighted by molar-refractivity contribution is 0.250. The molecule has 0 spiro atoms. The van der Waals surface area contributed by atoms with Crippen molar-refractivity contribution >= 4 is 27.6 Å². The van der Waals surface area contributed by atoms with Crippen LogP contribution >= 0.6 is 11.8 Å². The number of hydrogen-bond donors (Lipinski definition) is 1. The van der Waals surface area contributed by atoms with E-state index < -0.39 is 34.5 Å². The first-order chi connectivity index (χ1) is 17.9. The van der Waals surface area contributed by atoms with Crippen LogP contribution in [0.2, 0.25) is 0 Å². The van der Waals surface area contributed by atoms with E-state index in [9.17, 15) is 8.42 Å². The van der Waals surface area contributed by atoms with Crippen molar-refractivity contribution in [3.8, 4) is 5.75 Å². The van der Waals surface area contributed by atoms with Gasteiger partial charge in [0.25, 0.3) is 10.1 Å². The number of aryl methyl sites for hydroxylation is 1. The minimum absolute atomic E-state index is 0.0803. The highest BCUT2D eigenvalue weighted by atomic mass is 32.2. The number of benzene rings is 3. The van der Waals surface area contributed by atoms with E-state index >= 15 is 0 Å². The zero-order valence-electron chi connectivity index (χ0n) is 24.5. The normalized spacial score (nSPS) is 15.6. The van der Waals surface area contributed by atoms with Gasteiger partial charge in [-0.2, -0.15) is 8.42 Å². The highest BCUT2D eigenvalue weighted by molar-refractivity contribution is 7.99. The van der Waals surface area contributed by atoms with Crippen molar-refractivity contribution in [3.05, 3.63) is 77.9 Å². The van der Waals surface area contributed by atoms with Gasteiger partial charge in [0.15, 0.2) is 0 Å². The van der Waals surface area contributed by atoms with E-state index in [1.807, 2.05) is 37.2 Å². The Morgan fingerprint density at radius 2 is 1.73 bits per heavy atom. The summed E-state index contributed by atoms with van der Waals surface area (Å²) >= 11 is 1.40. The molecule has 0 saturated heterocycles. The fourth-order valence-electron chi connectivity index (χ4n) is 2.81. The van der Waals surface area contributed by atoms with Crippen molar-refractivity contribution in [1.82, 2.24) is 4.90 Å². The molecule has 8 heteroatoms. The lowest BCUT2D eigenvalue weighted by atomic mass is 10.2. The predicted octanol–water partition coefficient (Wildman–Crippen LogP) is 4.96. The van der Waals surface area contributed by atoms with Crippen LogP contribution in [0.4, 0.5) is 5.69 Å². The minimum atomic E-state index is -4.77. The molecule has 0 aliphatic carbocycles. The van der Waals surface area contributed by atoms with E-state index in [0.29, 0.717) is 12.2 Å². The van der Waals surface area contributed by atoms with Crippen molar-refractivity contribution in [2.45, 2.75) is 34.5 Å². The van der Waals surface area contributed by atoms with Crippen molar-refractivity contribution in [1.29, 1.82) is 0 Å². The van der Waals surface area contributed by atoms with Gasteiger partial charge in [0.2, 0.25) is 0 Å². The molecule has 3 aromatic rings. The summed E-state index contributed by atoms with van der Waals surface area (Å²) in [5.41, 5.74) is 8.14. The molecule has 0 unspecified atom stereocenters. The molecule has 0 fully saturated rings. The molecule has 6 nitrogen and oxygen atoms in total. The maximum atomic E-state index is 12.6. The number of nitrogens with zero attached hydrogens (tertiary/aromatic N) is 1. The first-order valence-electron chi connectivity index (χ1n) is 13.0. The van der Waals surface area contributed by atoms with Gasteiger partial charge in [-0.3, -0.25) is 4.18 Å². The fraction of sp³-hybridized carbons (Fsp3) is 0.280. The van der Waals surface area contributed by atoms with Gasteiger partial charge in [-0.1, -0.05) is 41.6 Å². The molecule has 176 valence electrons. The average Bonchev–Trinajstić information content (AvgIpc) is 2.81. The van der Waals surface area contributed by atoms with Crippen molar-refractivity contribution < 1.29 is 25.6 Å².